The minimum absolute atomic E-state index is 0.202. The second-order valence-electron chi connectivity index (χ2n) is 5.57. The van der Waals surface area contributed by atoms with E-state index in [1.54, 1.807) is 12.1 Å². The van der Waals surface area contributed by atoms with Crippen LogP contribution in [0.3, 0.4) is 0 Å². The average molecular weight is 329 g/mol. The van der Waals surface area contributed by atoms with Gasteiger partial charge >= 0.3 is 5.97 Å². The number of carbonyl (C=O) groups is 2. The Balaban J connectivity index is 1.91. The molecule has 1 N–H and O–H groups in total. The Morgan fingerprint density at radius 3 is 2.17 bits per heavy atom. The van der Waals surface area contributed by atoms with Crippen molar-refractivity contribution >= 4 is 11.9 Å². The minimum atomic E-state index is -1.03. The SMILES string of the molecule is O=C(O)CN(CCc1ccccc1)C(=O)CCc1ccc(F)cc1. The molecule has 0 unspecified atom stereocenters. The topological polar surface area (TPSA) is 57.6 Å². The molecule has 0 aliphatic heterocycles. The molecular formula is C19H20FNO3. The van der Waals surface area contributed by atoms with Gasteiger partial charge in [-0.05, 0) is 36.1 Å². The van der Waals surface area contributed by atoms with Crippen molar-refractivity contribution in [2.24, 2.45) is 0 Å². The molecule has 2 rings (SSSR count). The average Bonchev–Trinajstić information content (AvgIpc) is 2.58. The van der Waals surface area contributed by atoms with Crippen molar-refractivity contribution in [2.45, 2.75) is 19.3 Å². The third kappa shape index (κ3) is 5.83. The quantitative estimate of drug-likeness (QED) is 0.810. The van der Waals surface area contributed by atoms with Crippen molar-refractivity contribution in [3.63, 3.8) is 0 Å². The van der Waals surface area contributed by atoms with E-state index in [9.17, 15) is 14.0 Å². The number of halogens is 1. The lowest BCUT2D eigenvalue weighted by Gasteiger charge is -2.21. The fourth-order valence-corrected chi connectivity index (χ4v) is 2.42. The van der Waals surface area contributed by atoms with Crippen molar-refractivity contribution in [1.29, 1.82) is 0 Å². The molecule has 1 amide bonds. The van der Waals surface area contributed by atoms with Gasteiger partial charge in [-0.25, -0.2) is 4.39 Å². The first-order valence-electron chi connectivity index (χ1n) is 7.82. The zero-order valence-corrected chi connectivity index (χ0v) is 13.3. The highest BCUT2D eigenvalue weighted by Gasteiger charge is 2.16. The van der Waals surface area contributed by atoms with Gasteiger partial charge in [-0.1, -0.05) is 42.5 Å². The number of benzene rings is 2. The number of carboxylic acid groups (broad SMARTS) is 1. The van der Waals surface area contributed by atoms with Gasteiger partial charge in [-0.2, -0.15) is 0 Å². The van der Waals surface area contributed by atoms with Crippen molar-refractivity contribution < 1.29 is 19.1 Å². The van der Waals surface area contributed by atoms with E-state index in [4.69, 9.17) is 5.11 Å². The third-order valence-electron chi connectivity index (χ3n) is 3.73. The van der Waals surface area contributed by atoms with Crippen LogP contribution in [0, 0.1) is 5.82 Å². The lowest BCUT2D eigenvalue weighted by Crippen LogP contribution is -2.37. The van der Waals surface area contributed by atoms with Crippen molar-refractivity contribution in [2.75, 3.05) is 13.1 Å². The normalized spacial score (nSPS) is 10.4. The molecular weight excluding hydrogens is 309 g/mol. The summed E-state index contributed by atoms with van der Waals surface area (Å²) in [5.41, 5.74) is 1.90. The maximum absolute atomic E-state index is 12.9. The molecule has 0 saturated heterocycles. The predicted octanol–water partition coefficient (Wildman–Crippen LogP) is 2.91. The number of aliphatic carboxylic acids is 1. The van der Waals surface area contributed by atoms with Crippen LogP contribution in [0.25, 0.3) is 0 Å². The highest BCUT2D eigenvalue weighted by molar-refractivity contribution is 5.81. The number of hydrogen-bond donors (Lipinski definition) is 1. The summed E-state index contributed by atoms with van der Waals surface area (Å²) in [7, 11) is 0. The molecule has 0 heterocycles. The van der Waals surface area contributed by atoms with E-state index in [1.807, 2.05) is 30.3 Å². The van der Waals surface area contributed by atoms with Crippen molar-refractivity contribution in [1.82, 2.24) is 4.90 Å². The first kappa shape index (κ1) is 17.7. The molecule has 0 aliphatic carbocycles. The molecule has 0 radical (unpaired) electrons. The van der Waals surface area contributed by atoms with Crippen LogP contribution in [0.1, 0.15) is 17.5 Å². The summed E-state index contributed by atoms with van der Waals surface area (Å²) >= 11 is 0. The zero-order chi connectivity index (χ0) is 17.4. The van der Waals surface area contributed by atoms with Crippen LogP contribution < -0.4 is 0 Å². The Hall–Kier alpha value is -2.69. The summed E-state index contributed by atoms with van der Waals surface area (Å²) in [6.07, 6.45) is 1.27. The first-order valence-corrected chi connectivity index (χ1v) is 7.82. The maximum atomic E-state index is 12.9. The lowest BCUT2D eigenvalue weighted by atomic mass is 10.1. The van der Waals surface area contributed by atoms with Crippen LogP contribution >= 0.6 is 0 Å². The summed E-state index contributed by atoms with van der Waals surface area (Å²) < 4.78 is 12.9. The molecule has 0 bridgehead atoms. The van der Waals surface area contributed by atoms with Gasteiger partial charge in [0.2, 0.25) is 5.91 Å². The Bertz CT molecular complexity index is 671. The lowest BCUT2D eigenvalue weighted by molar-refractivity contribution is -0.144. The van der Waals surface area contributed by atoms with Gasteiger partial charge in [-0.15, -0.1) is 0 Å². The molecule has 0 atom stereocenters. The fourth-order valence-electron chi connectivity index (χ4n) is 2.42. The smallest absolute Gasteiger partial charge is 0.323 e. The second kappa shape index (κ2) is 8.82. The molecule has 0 spiro atoms. The number of hydrogen-bond acceptors (Lipinski definition) is 2. The number of carboxylic acids is 1. The van der Waals surface area contributed by atoms with Crippen LogP contribution in [-0.4, -0.2) is 35.0 Å². The van der Waals surface area contributed by atoms with Gasteiger partial charge < -0.3 is 10.0 Å². The Morgan fingerprint density at radius 1 is 0.917 bits per heavy atom. The third-order valence-corrected chi connectivity index (χ3v) is 3.73. The maximum Gasteiger partial charge on any atom is 0.323 e. The first-order chi connectivity index (χ1) is 11.5. The molecule has 2 aromatic carbocycles. The van der Waals surface area contributed by atoms with E-state index >= 15 is 0 Å². The van der Waals surface area contributed by atoms with Gasteiger partial charge in [-0.3, -0.25) is 9.59 Å². The van der Waals surface area contributed by atoms with Gasteiger partial charge in [0.15, 0.2) is 0 Å². The highest BCUT2D eigenvalue weighted by Crippen LogP contribution is 2.08. The second-order valence-corrected chi connectivity index (χ2v) is 5.57. The molecule has 126 valence electrons. The summed E-state index contributed by atoms with van der Waals surface area (Å²) in [6.45, 7) is 0.0493. The largest absolute Gasteiger partial charge is 0.480 e. The highest BCUT2D eigenvalue weighted by atomic mass is 19.1. The summed E-state index contributed by atoms with van der Waals surface area (Å²) in [4.78, 5) is 24.7. The Kier molecular flexibility index (Phi) is 6.49. The molecule has 5 heteroatoms. The number of aryl methyl sites for hydroxylation is 1. The molecule has 0 aromatic heterocycles. The number of rotatable bonds is 8. The van der Waals surface area contributed by atoms with Crippen LogP contribution in [0.15, 0.2) is 54.6 Å². The van der Waals surface area contributed by atoms with Gasteiger partial charge in [0.25, 0.3) is 0 Å². The molecule has 2 aromatic rings. The number of amides is 1. The fraction of sp³-hybridized carbons (Fsp3) is 0.263. The van der Waals surface area contributed by atoms with E-state index < -0.39 is 5.97 Å². The Morgan fingerprint density at radius 2 is 1.54 bits per heavy atom. The molecule has 0 aliphatic rings. The monoisotopic (exact) mass is 329 g/mol. The van der Waals surface area contributed by atoms with E-state index in [-0.39, 0.29) is 24.7 Å². The van der Waals surface area contributed by atoms with Crippen molar-refractivity contribution in [3.8, 4) is 0 Å². The van der Waals surface area contributed by atoms with E-state index in [2.05, 4.69) is 0 Å². The van der Waals surface area contributed by atoms with Crippen molar-refractivity contribution in [3.05, 3.63) is 71.5 Å². The van der Waals surface area contributed by atoms with E-state index in [0.717, 1.165) is 11.1 Å². The number of nitrogens with zero attached hydrogens (tertiary/aromatic N) is 1. The summed E-state index contributed by atoms with van der Waals surface area (Å²) in [5, 5.41) is 9.01. The van der Waals surface area contributed by atoms with Gasteiger partial charge in [0.1, 0.15) is 12.4 Å². The molecule has 4 nitrogen and oxygen atoms in total. The standard InChI is InChI=1S/C19H20FNO3/c20-17-9-6-16(7-10-17)8-11-18(22)21(14-19(23)24)13-12-15-4-2-1-3-5-15/h1-7,9-10H,8,11-14H2,(H,23,24). The van der Waals surface area contributed by atoms with E-state index in [0.29, 0.717) is 19.4 Å². The summed E-state index contributed by atoms with van der Waals surface area (Å²) in [6, 6.07) is 15.6. The van der Waals surface area contributed by atoms with Gasteiger partial charge in [0.05, 0.1) is 0 Å². The number of carbonyl (C=O) groups excluding carboxylic acids is 1. The zero-order valence-electron chi connectivity index (χ0n) is 13.3. The predicted molar refractivity (Wildman–Crippen MR) is 89.1 cm³/mol. The summed E-state index contributed by atoms with van der Waals surface area (Å²) in [5.74, 6) is -1.56. The molecule has 0 saturated carbocycles. The van der Waals surface area contributed by atoms with Crippen LogP contribution in [0.4, 0.5) is 4.39 Å². The Labute approximate surface area is 140 Å². The van der Waals surface area contributed by atoms with Crippen LogP contribution in [-0.2, 0) is 22.4 Å². The molecule has 0 fully saturated rings. The van der Waals surface area contributed by atoms with Crippen LogP contribution in [0.2, 0.25) is 0 Å². The van der Waals surface area contributed by atoms with Crippen LogP contribution in [0.5, 0.6) is 0 Å². The van der Waals surface area contributed by atoms with Gasteiger partial charge in [0, 0.05) is 13.0 Å². The van der Waals surface area contributed by atoms with E-state index in [1.165, 1.54) is 17.0 Å². The molecule has 24 heavy (non-hydrogen) atoms. The minimum Gasteiger partial charge on any atom is -0.480 e.